The van der Waals surface area contributed by atoms with Crippen molar-refractivity contribution < 1.29 is 4.74 Å². The van der Waals surface area contributed by atoms with Crippen molar-refractivity contribution in [2.24, 2.45) is 0 Å². The summed E-state index contributed by atoms with van der Waals surface area (Å²) in [4.78, 5) is 2.27. The first-order valence-electron chi connectivity index (χ1n) is 5.07. The van der Waals surface area contributed by atoms with Crippen molar-refractivity contribution in [2.75, 3.05) is 36.9 Å². The summed E-state index contributed by atoms with van der Waals surface area (Å²) in [7, 11) is 0. The zero-order valence-corrected chi connectivity index (χ0v) is 10.4. The standard InChI is InChI=1S/C11H15BrN2O/c1-8-6-9(12)11(10(13)7-8)14-2-4-15-5-3-14/h6-7H,2-5,13H2,1H3. The van der Waals surface area contributed by atoms with Gasteiger partial charge in [0.1, 0.15) is 0 Å². The monoisotopic (exact) mass is 270 g/mol. The molecule has 1 aromatic rings. The van der Waals surface area contributed by atoms with Crippen LogP contribution < -0.4 is 10.6 Å². The predicted octanol–water partition coefficient (Wildman–Crippen LogP) is 2.18. The minimum Gasteiger partial charge on any atom is -0.397 e. The van der Waals surface area contributed by atoms with Gasteiger partial charge in [-0.3, -0.25) is 0 Å². The molecule has 0 atom stereocenters. The van der Waals surface area contributed by atoms with E-state index >= 15 is 0 Å². The van der Waals surface area contributed by atoms with E-state index in [-0.39, 0.29) is 0 Å². The van der Waals surface area contributed by atoms with E-state index in [9.17, 15) is 0 Å². The van der Waals surface area contributed by atoms with Crippen molar-refractivity contribution in [3.63, 3.8) is 0 Å². The third kappa shape index (κ3) is 2.26. The van der Waals surface area contributed by atoms with Crippen molar-refractivity contribution in [3.8, 4) is 0 Å². The van der Waals surface area contributed by atoms with Gasteiger partial charge in [0.05, 0.1) is 24.6 Å². The number of rotatable bonds is 1. The SMILES string of the molecule is Cc1cc(N)c(N2CCOCC2)c(Br)c1. The number of nitrogens with zero attached hydrogens (tertiary/aromatic N) is 1. The summed E-state index contributed by atoms with van der Waals surface area (Å²) in [5, 5.41) is 0. The number of nitrogen functional groups attached to an aromatic ring is 1. The molecule has 1 aliphatic heterocycles. The quantitative estimate of drug-likeness (QED) is 0.796. The number of nitrogens with two attached hydrogens (primary N) is 1. The number of aryl methyl sites for hydroxylation is 1. The molecule has 0 amide bonds. The average Bonchev–Trinajstić information content (AvgIpc) is 2.17. The van der Waals surface area contributed by atoms with E-state index < -0.39 is 0 Å². The molecule has 0 radical (unpaired) electrons. The summed E-state index contributed by atoms with van der Waals surface area (Å²) >= 11 is 3.57. The second kappa shape index (κ2) is 4.41. The second-order valence-electron chi connectivity index (χ2n) is 3.78. The van der Waals surface area contributed by atoms with E-state index in [2.05, 4.69) is 26.9 Å². The summed E-state index contributed by atoms with van der Waals surface area (Å²) in [6.07, 6.45) is 0. The van der Waals surface area contributed by atoms with Gasteiger partial charge in [0.2, 0.25) is 0 Å². The fourth-order valence-corrected chi connectivity index (χ4v) is 2.72. The molecule has 0 aliphatic carbocycles. The molecular formula is C11H15BrN2O. The van der Waals surface area contributed by atoms with Crippen LogP contribution in [0, 0.1) is 6.92 Å². The lowest BCUT2D eigenvalue weighted by molar-refractivity contribution is 0.122. The normalized spacial score (nSPS) is 16.8. The minimum absolute atomic E-state index is 0.778. The molecule has 15 heavy (non-hydrogen) atoms. The smallest absolute Gasteiger partial charge is 0.0746 e. The molecule has 2 rings (SSSR count). The molecule has 4 heteroatoms. The lowest BCUT2D eigenvalue weighted by Crippen LogP contribution is -2.36. The van der Waals surface area contributed by atoms with Crippen LogP contribution in [0.25, 0.3) is 0 Å². The Balaban J connectivity index is 2.33. The number of halogens is 1. The van der Waals surface area contributed by atoms with Crippen molar-refractivity contribution in [1.82, 2.24) is 0 Å². The number of hydrogen-bond acceptors (Lipinski definition) is 3. The van der Waals surface area contributed by atoms with Gasteiger partial charge < -0.3 is 15.4 Å². The molecule has 0 unspecified atom stereocenters. The molecule has 1 aromatic carbocycles. The number of ether oxygens (including phenoxy) is 1. The Morgan fingerprint density at radius 1 is 1.33 bits per heavy atom. The van der Waals surface area contributed by atoms with Gasteiger partial charge >= 0.3 is 0 Å². The highest BCUT2D eigenvalue weighted by Gasteiger charge is 2.16. The van der Waals surface area contributed by atoms with Crippen LogP contribution in [0.5, 0.6) is 0 Å². The van der Waals surface area contributed by atoms with E-state index in [1.54, 1.807) is 0 Å². The van der Waals surface area contributed by atoms with Gasteiger partial charge in [0, 0.05) is 17.6 Å². The van der Waals surface area contributed by atoms with Crippen LogP contribution in [-0.4, -0.2) is 26.3 Å². The molecule has 0 saturated carbocycles. The number of anilines is 2. The van der Waals surface area contributed by atoms with Crippen LogP contribution in [0.3, 0.4) is 0 Å². The second-order valence-corrected chi connectivity index (χ2v) is 4.64. The summed E-state index contributed by atoms with van der Waals surface area (Å²) in [5.74, 6) is 0. The lowest BCUT2D eigenvalue weighted by Gasteiger charge is -2.30. The number of morpholine rings is 1. The van der Waals surface area contributed by atoms with E-state index in [1.807, 2.05) is 13.0 Å². The molecule has 0 bridgehead atoms. The molecule has 3 nitrogen and oxygen atoms in total. The van der Waals surface area contributed by atoms with Gasteiger partial charge in [-0.2, -0.15) is 0 Å². The molecule has 0 spiro atoms. The van der Waals surface area contributed by atoms with Gasteiger partial charge in [-0.05, 0) is 40.5 Å². The minimum atomic E-state index is 0.778. The summed E-state index contributed by atoms with van der Waals surface area (Å²) in [6.45, 7) is 5.42. The van der Waals surface area contributed by atoms with Gasteiger partial charge in [0.25, 0.3) is 0 Å². The fourth-order valence-electron chi connectivity index (χ4n) is 1.88. The van der Waals surface area contributed by atoms with E-state index in [4.69, 9.17) is 10.5 Å². The maximum absolute atomic E-state index is 6.04. The molecule has 2 N–H and O–H groups in total. The van der Waals surface area contributed by atoms with Crippen molar-refractivity contribution in [3.05, 3.63) is 22.2 Å². The van der Waals surface area contributed by atoms with E-state index in [0.717, 1.165) is 42.2 Å². The highest BCUT2D eigenvalue weighted by atomic mass is 79.9. The first-order valence-corrected chi connectivity index (χ1v) is 5.86. The van der Waals surface area contributed by atoms with Gasteiger partial charge in [-0.15, -0.1) is 0 Å². The Bertz CT molecular complexity index is 339. The molecule has 1 fully saturated rings. The highest BCUT2D eigenvalue weighted by Crippen LogP contribution is 2.33. The lowest BCUT2D eigenvalue weighted by atomic mass is 10.1. The number of benzene rings is 1. The van der Waals surface area contributed by atoms with Crippen molar-refractivity contribution in [2.45, 2.75) is 6.92 Å². The Kier molecular flexibility index (Phi) is 3.17. The van der Waals surface area contributed by atoms with Crippen LogP contribution in [-0.2, 0) is 4.74 Å². The highest BCUT2D eigenvalue weighted by molar-refractivity contribution is 9.10. The third-order valence-corrected chi connectivity index (χ3v) is 3.17. The van der Waals surface area contributed by atoms with E-state index in [1.165, 1.54) is 5.56 Å². The third-order valence-electron chi connectivity index (χ3n) is 2.56. The first-order chi connectivity index (χ1) is 7.18. The zero-order chi connectivity index (χ0) is 10.8. The molecule has 1 heterocycles. The number of hydrogen-bond donors (Lipinski definition) is 1. The molecule has 0 aromatic heterocycles. The van der Waals surface area contributed by atoms with Crippen LogP contribution in [0.1, 0.15) is 5.56 Å². The predicted molar refractivity (Wildman–Crippen MR) is 66.3 cm³/mol. The van der Waals surface area contributed by atoms with Crippen LogP contribution >= 0.6 is 15.9 Å². The Labute approximate surface area is 98.3 Å². The van der Waals surface area contributed by atoms with Gasteiger partial charge in [0.15, 0.2) is 0 Å². The first kappa shape index (κ1) is 10.8. The molecule has 1 aliphatic rings. The topological polar surface area (TPSA) is 38.5 Å². The molecule has 82 valence electrons. The maximum atomic E-state index is 6.04. The molecular weight excluding hydrogens is 256 g/mol. The summed E-state index contributed by atoms with van der Waals surface area (Å²) < 4.78 is 6.40. The van der Waals surface area contributed by atoms with Crippen molar-refractivity contribution >= 4 is 27.3 Å². The molecule has 1 saturated heterocycles. The summed E-state index contributed by atoms with van der Waals surface area (Å²) in [6, 6.07) is 4.11. The fraction of sp³-hybridized carbons (Fsp3) is 0.455. The van der Waals surface area contributed by atoms with Gasteiger partial charge in [-0.25, -0.2) is 0 Å². The largest absolute Gasteiger partial charge is 0.397 e. The zero-order valence-electron chi connectivity index (χ0n) is 8.79. The average molecular weight is 271 g/mol. The maximum Gasteiger partial charge on any atom is 0.0746 e. The van der Waals surface area contributed by atoms with Crippen molar-refractivity contribution in [1.29, 1.82) is 0 Å². The van der Waals surface area contributed by atoms with E-state index in [0.29, 0.717) is 0 Å². The van der Waals surface area contributed by atoms with Crippen LogP contribution in [0.15, 0.2) is 16.6 Å². The summed E-state index contributed by atoms with van der Waals surface area (Å²) in [5.41, 5.74) is 9.16. The van der Waals surface area contributed by atoms with Crippen LogP contribution in [0.2, 0.25) is 0 Å². The Morgan fingerprint density at radius 2 is 2.00 bits per heavy atom. The Morgan fingerprint density at radius 3 is 2.60 bits per heavy atom. The van der Waals surface area contributed by atoms with Gasteiger partial charge in [-0.1, -0.05) is 0 Å². The van der Waals surface area contributed by atoms with Crippen LogP contribution in [0.4, 0.5) is 11.4 Å². The Hall–Kier alpha value is -0.740.